The number of nitrogens with one attached hydrogen (secondary N) is 1. The minimum Gasteiger partial charge on any atom is -0.301 e. The Bertz CT molecular complexity index is 892. The number of fused-ring (bicyclic) bond motifs is 7. The number of hydrazine groups is 1. The molecule has 1 aromatic rings. The fourth-order valence-electron chi connectivity index (χ4n) is 8.58. The predicted octanol–water partition coefficient (Wildman–Crippen LogP) is 4.95. The summed E-state index contributed by atoms with van der Waals surface area (Å²) in [4.78, 5) is 21.9. The molecule has 0 spiro atoms. The number of anilines is 1. The molecule has 5 nitrogen and oxygen atoms in total. The Labute approximate surface area is 197 Å². The minimum absolute atomic E-state index is 0.00638. The summed E-state index contributed by atoms with van der Waals surface area (Å²) in [7, 11) is 0. The molecule has 1 N–H and O–H groups in total. The maximum Gasteiger partial charge on any atom is 0.197 e. The van der Waals surface area contributed by atoms with Gasteiger partial charge in [-0.05, 0) is 74.7 Å². The Balaban J connectivity index is 1.21. The summed E-state index contributed by atoms with van der Waals surface area (Å²) in [6.07, 6.45) is 9.41. The molecule has 6 rings (SSSR count). The number of hydrogen-bond donors (Lipinski definition) is 1. The van der Waals surface area contributed by atoms with Gasteiger partial charge in [-0.1, -0.05) is 20.8 Å². The lowest BCUT2D eigenvalue weighted by Crippen LogP contribution is -2.52. The second-order valence-corrected chi connectivity index (χ2v) is 12.8. The molecule has 1 aliphatic heterocycles. The molecule has 0 aromatic carbocycles. The molecular weight excluding hydrogens is 416 g/mol. The van der Waals surface area contributed by atoms with Crippen LogP contribution in [0.5, 0.6) is 0 Å². The summed E-state index contributed by atoms with van der Waals surface area (Å²) >= 11 is 1.95. The number of carbonyl (C=O) groups is 1. The fourth-order valence-corrected chi connectivity index (χ4v) is 9.91. The van der Waals surface area contributed by atoms with Crippen molar-refractivity contribution in [2.24, 2.45) is 28.6 Å². The molecule has 1 aromatic heterocycles. The fraction of sp³-hybridized carbons (Fsp3) is 0.846. The van der Waals surface area contributed by atoms with E-state index in [1.165, 1.54) is 31.4 Å². The third-order valence-corrected chi connectivity index (χ3v) is 11.7. The van der Waals surface area contributed by atoms with Crippen molar-refractivity contribution in [1.82, 2.24) is 14.9 Å². The van der Waals surface area contributed by atoms with Gasteiger partial charge in [0.1, 0.15) is 5.78 Å². The largest absolute Gasteiger partial charge is 0.301 e. The van der Waals surface area contributed by atoms with Crippen LogP contribution in [0.3, 0.4) is 0 Å². The van der Waals surface area contributed by atoms with Crippen LogP contribution in [0.2, 0.25) is 0 Å². The number of Topliss-reactive ketones (excluding diaryl/α,β-unsaturated/α-hetero) is 1. The van der Waals surface area contributed by atoms with Crippen molar-refractivity contribution in [3.05, 3.63) is 10.6 Å². The lowest BCUT2D eigenvalue weighted by molar-refractivity contribution is -0.134. The quantitative estimate of drug-likeness (QED) is 0.697. The van der Waals surface area contributed by atoms with Crippen molar-refractivity contribution in [2.45, 2.75) is 78.1 Å². The molecule has 4 fully saturated rings. The van der Waals surface area contributed by atoms with Gasteiger partial charge in [0.05, 0.1) is 5.69 Å². The molecule has 2 heterocycles. The SMILES string of the molecule is CCN1CCN(Nc2nc3c(s2)C2CC[C@@H]4[C@H](CC[C@]5(C)C(=O)CC[C@@H]45)[C@@]2(C)CC3)CC1. The molecule has 4 aliphatic carbocycles. The van der Waals surface area contributed by atoms with Gasteiger partial charge >= 0.3 is 0 Å². The van der Waals surface area contributed by atoms with Gasteiger partial charge in [-0.2, -0.15) is 0 Å². The van der Waals surface area contributed by atoms with Crippen molar-refractivity contribution in [3.8, 4) is 0 Å². The van der Waals surface area contributed by atoms with Crippen LogP contribution in [0.4, 0.5) is 5.13 Å². The first kappa shape index (κ1) is 21.5. The summed E-state index contributed by atoms with van der Waals surface area (Å²) < 4.78 is 0. The Morgan fingerprint density at radius 1 is 1.03 bits per heavy atom. The van der Waals surface area contributed by atoms with Crippen LogP contribution >= 0.6 is 11.3 Å². The van der Waals surface area contributed by atoms with Crippen LogP contribution in [0.15, 0.2) is 0 Å². The van der Waals surface area contributed by atoms with E-state index in [4.69, 9.17) is 4.98 Å². The first-order chi connectivity index (χ1) is 15.4. The number of carbonyl (C=O) groups excluding carboxylic acids is 1. The lowest BCUT2D eigenvalue weighted by Gasteiger charge is -2.59. The van der Waals surface area contributed by atoms with Crippen LogP contribution in [-0.2, 0) is 11.2 Å². The highest BCUT2D eigenvalue weighted by molar-refractivity contribution is 7.15. The maximum absolute atomic E-state index is 12.7. The van der Waals surface area contributed by atoms with Gasteiger partial charge in [0, 0.05) is 48.8 Å². The number of aryl methyl sites for hydroxylation is 1. The van der Waals surface area contributed by atoms with E-state index in [2.05, 4.69) is 36.1 Å². The standard InChI is InChI=1S/C26H40N4OS/c1-4-29-13-15-30(16-14-29)28-24-27-21-10-12-25(2)19-9-11-26(3)18(7-8-22(26)31)17(19)5-6-20(25)23(21)32-24/h17-20H,4-16H2,1-3H3,(H,27,28)/t17-,18-,19-,20?,25+,26-/m0/s1. The molecule has 0 amide bonds. The number of nitrogens with zero attached hydrogens (tertiary/aromatic N) is 3. The first-order valence-corrected chi connectivity index (χ1v) is 14.0. The maximum atomic E-state index is 12.7. The van der Waals surface area contributed by atoms with Gasteiger partial charge in [-0.25, -0.2) is 9.99 Å². The predicted molar refractivity (Wildman–Crippen MR) is 130 cm³/mol. The molecule has 1 unspecified atom stereocenters. The van der Waals surface area contributed by atoms with Gasteiger partial charge in [0.25, 0.3) is 0 Å². The Kier molecular flexibility index (Phi) is 5.24. The summed E-state index contributed by atoms with van der Waals surface area (Å²) in [5.41, 5.74) is 5.42. The molecule has 5 aliphatic rings. The molecule has 6 atom stereocenters. The second kappa shape index (κ2) is 7.78. The van der Waals surface area contributed by atoms with Crippen LogP contribution in [-0.4, -0.2) is 53.4 Å². The minimum atomic E-state index is -0.00638. The molecule has 0 radical (unpaired) electrons. The molecular formula is C26H40N4OS. The average Bonchev–Trinajstić information content (AvgIpc) is 3.34. The van der Waals surface area contributed by atoms with Gasteiger partial charge in [-0.15, -0.1) is 11.3 Å². The first-order valence-electron chi connectivity index (χ1n) is 13.2. The van der Waals surface area contributed by atoms with Gasteiger partial charge < -0.3 is 4.90 Å². The van der Waals surface area contributed by atoms with Crippen molar-refractivity contribution >= 4 is 22.3 Å². The van der Waals surface area contributed by atoms with Crippen LogP contribution < -0.4 is 5.43 Å². The van der Waals surface area contributed by atoms with Crippen molar-refractivity contribution in [2.75, 3.05) is 38.1 Å². The Morgan fingerprint density at radius 2 is 1.84 bits per heavy atom. The number of likely N-dealkylation sites (N-methyl/N-ethyl adjacent to an activating group) is 1. The highest BCUT2D eigenvalue weighted by Gasteiger charge is 2.60. The zero-order valence-corrected chi connectivity index (χ0v) is 21.0. The summed E-state index contributed by atoms with van der Waals surface area (Å²) in [5.74, 6) is 3.44. The highest BCUT2D eigenvalue weighted by Crippen LogP contribution is 2.67. The third kappa shape index (κ3) is 3.15. The van der Waals surface area contributed by atoms with E-state index in [0.717, 1.165) is 75.4 Å². The smallest absolute Gasteiger partial charge is 0.197 e. The highest BCUT2D eigenvalue weighted by atomic mass is 32.1. The van der Waals surface area contributed by atoms with Crippen LogP contribution in [0.25, 0.3) is 0 Å². The molecule has 32 heavy (non-hydrogen) atoms. The van der Waals surface area contributed by atoms with Gasteiger partial charge in [0.15, 0.2) is 5.13 Å². The van der Waals surface area contributed by atoms with Crippen LogP contribution in [0, 0.1) is 28.6 Å². The van der Waals surface area contributed by atoms with E-state index >= 15 is 0 Å². The zero-order chi connectivity index (χ0) is 22.1. The third-order valence-electron chi connectivity index (χ3n) is 10.6. The molecule has 0 bridgehead atoms. The number of aromatic nitrogens is 1. The van der Waals surface area contributed by atoms with E-state index in [9.17, 15) is 4.79 Å². The molecule has 6 heteroatoms. The number of piperazine rings is 1. The lowest BCUT2D eigenvalue weighted by atomic mass is 9.46. The van der Waals surface area contributed by atoms with Crippen molar-refractivity contribution in [1.29, 1.82) is 0 Å². The molecule has 3 saturated carbocycles. The van der Waals surface area contributed by atoms with E-state index < -0.39 is 0 Å². The zero-order valence-electron chi connectivity index (χ0n) is 20.2. The number of rotatable bonds is 3. The number of thiazole rings is 1. The van der Waals surface area contributed by atoms with E-state index in [1.807, 2.05) is 11.3 Å². The second-order valence-electron chi connectivity index (χ2n) is 11.8. The molecule has 176 valence electrons. The number of ketones is 1. The van der Waals surface area contributed by atoms with E-state index in [-0.39, 0.29) is 5.41 Å². The van der Waals surface area contributed by atoms with Gasteiger partial charge in [0.2, 0.25) is 0 Å². The normalized spacial score (nSPS) is 42.2. The van der Waals surface area contributed by atoms with Crippen molar-refractivity contribution in [3.63, 3.8) is 0 Å². The van der Waals surface area contributed by atoms with E-state index in [0.29, 0.717) is 23.0 Å². The Hall–Kier alpha value is -0.980. The summed E-state index contributed by atoms with van der Waals surface area (Å²) in [6.45, 7) is 12.7. The van der Waals surface area contributed by atoms with Crippen molar-refractivity contribution < 1.29 is 4.79 Å². The monoisotopic (exact) mass is 456 g/mol. The Morgan fingerprint density at radius 3 is 2.62 bits per heavy atom. The summed E-state index contributed by atoms with van der Waals surface area (Å²) in [5, 5.41) is 3.48. The molecule has 1 saturated heterocycles. The summed E-state index contributed by atoms with van der Waals surface area (Å²) in [6, 6.07) is 0. The van der Waals surface area contributed by atoms with Gasteiger partial charge in [-0.3, -0.25) is 10.2 Å². The van der Waals surface area contributed by atoms with Crippen LogP contribution in [0.1, 0.15) is 82.2 Å². The van der Waals surface area contributed by atoms with E-state index in [1.54, 1.807) is 4.88 Å². The average molecular weight is 457 g/mol. The topological polar surface area (TPSA) is 48.5 Å². The number of hydrogen-bond acceptors (Lipinski definition) is 6.